The molecule has 2 heterocycles. The van der Waals surface area contributed by atoms with Crippen LogP contribution in [0, 0.1) is 0 Å². The van der Waals surface area contributed by atoms with Crippen LogP contribution in [0.5, 0.6) is 11.5 Å². The van der Waals surface area contributed by atoms with Crippen LogP contribution in [0.1, 0.15) is 24.6 Å². The Morgan fingerprint density at radius 3 is 2.81 bits per heavy atom. The molecule has 0 N–H and O–H groups in total. The van der Waals surface area contributed by atoms with E-state index < -0.39 is 0 Å². The maximum atomic E-state index is 5.72. The van der Waals surface area contributed by atoms with Crippen molar-refractivity contribution < 1.29 is 9.47 Å². The molecule has 1 aromatic carbocycles. The van der Waals surface area contributed by atoms with Crippen molar-refractivity contribution in [3.63, 3.8) is 0 Å². The maximum Gasteiger partial charge on any atom is 0.179 e. The number of hydrogen-bond donors (Lipinski definition) is 0. The van der Waals surface area contributed by atoms with Gasteiger partial charge in [-0.05, 0) is 29.5 Å². The van der Waals surface area contributed by atoms with E-state index in [9.17, 15) is 0 Å². The summed E-state index contributed by atoms with van der Waals surface area (Å²) in [5.41, 5.74) is 0. The molecule has 2 aromatic rings. The van der Waals surface area contributed by atoms with Gasteiger partial charge in [-0.3, -0.25) is 0 Å². The molecule has 0 radical (unpaired) electrons. The van der Waals surface area contributed by atoms with Crippen molar-refractivity contribution in [1.29, 1.82) is 0 Å². The van der Waals surface area contributed by atoms with Crippen LogP contribution >= 0.6 is 11.3 Å². The lowest BCUT2D eigenvalue weighted by molar-refractivity contribution is 0.174. The summed E-state index contributed by atoms with van der Waals surface area (Å²) in [5.74, 6) is 2.38. The van der Waals surface area contributed by atoms with Crippen molar-refractivity contribution in [2.45, 2.75) is 19.8 Å². The van der Waals surface area contributed by atoms with Gasteiger partial charge >= 0.3 is 0 Å². The molecule has 1 aromatic heterocycles. The van der Waals surface area contributed by atoms with E-state index in [1.165, 1.54) is 15.0 Å². The fraction of sp³-hybridized carbons (Fsp3) is 0.385. The molecule has 84 valence electrons. The van der Waals surface area contributed by atoms with Gasteiger partial charge in [0.1, 0.15) is 13.2 Å². The second kappa shape index (κ2) is 3.67. The predicted molar refractivity (Wildman–Crippen MR) is 66.9 cm³/mol. The first kappa shape index (κ1) is 9.97. The normalized spacial score (nSPS) is 14.7. The van der Waals surface area contributed by atoms with Crippen LogP contribution in [0.2, 0.25) is 0 Å². The lowest BCUT2D eigenvalue weighted by Gasteiger charge is -2.18. The Morgan fingerprint density at radius 2 is 2.00 bits per heavy atom. The van der Waals surface area contributed by atoms with Crippen molar-refractivity contribution in [1.82, 2.24) is 0 Å². The SMILES string of the molecule is CC(C)c1cc2ccc3c(c2s1)OCCO3. The van der Waals surface area contributed by atoms with Gasteiger partial charge in [-0.25, -0.2) is 0 Å². The average Bonchev–Trinajstić information content (AvgIpc) is 2.73. The zero-order chi connectivity index (χ0) is 11.1. The Bertz CT molecular complexity index is 528. The second-order valence-electron chi connectivity index (χ2n) is 4.31. The lowest BCUT2D eigenvalue weighted by Crippen LogP contribution is -2.15. The molecular formula is C13H14O2S. The molecule has 3 heteroatoms. The highest BCUT2D eigenvalue weighted by molar-refractivity contribution is 7.19. The van der Waals surface area contributed by atoms with Gasteiger partial charge < -0.3 is 9.47 Å². The molecule has 1 aliphatic rings. The van der Waals surface area contributed by atoms with Crippen LogP contribution in [-0.2, 0) is 0 Å². The number of thiophene rings is 1. The van der Waals surface area contributed by atoms with Crippen LogP contribution in [0.3, 0.4) is 0 Å². The minimum Gasteiger partial charge on any atom is -0.486 e. The summed E-state index contributed by atoms with van der Waals surface area (Å²) in [6.07, 6.45) is 0. The van der Waals surface area contributed by atoms with Gasteiger partial charge in [0.2, 0.25) is 0 Å². The highest BCUT2D eigenvalue weighted by Gasteiger charge is 2.17. The number of fused-ring (bicyclic) bond motifs is 3. The van der Waals surface area contributed by atoms with Crippen LogP contribution in [0.25, 0.3) is 10.1 Å². The molecule has 0 atom stereocenters. The van der Waals surface area contributed by atoms with Gasteiger partial charge in [-0.15, -0.1) is 11.3 Å². The van der Waals surface area contributed by atoms with Crippen molar-refractivity contribution in [2.24, 2.45) is 0 Å². The molecule has 0 aliphatic carbocycles. The zero-order valence-corrected chi connectivity index (χ0v) is 10.3. The highest BCUT2D eigenvalue weighted by Crippen LogP contribution is 2.43. The fourth-order valence-corrected chi connectivity index (χ4v) is 3.06. The average molecular weight is 234 g/mol. The quantitative estimate of drug-likeness (QED) is 0.747. The van der Waals surface area contributed by atoms with Gasteiger partial charge in [0, 0.05) is 4.88 Å². The molecule has 0 bridgehead atoms. The molecule has 2 nitrogen and oxygen atoms in total. The minimum absolute atomic E-state index is 0.567. The summed E-state index contributed by atoms with van der Waals surface area (Å²) >= 11 is 1.81. The molecule has 0 saturated heterocycles. The number of hydrogen-bond acceptors (Lipinski definition) is 3. The smallest absolute Gasteiger partial charge is 0.179 e. The van der Waals surface area contributed by atoms with E-state index in [2.05, 4.69) is 26.0 Å². The van der Waals surface area contributed by atoms with E-state index in [1.807, 2.05) is 17.4 Å². The van der Waals surface area contributed by atoms with Gasteiger partial charge in [0.05, 0.1) is 4.70 Å². The third-order valence-electron chi connectivity index (χ3n) is 2.78. The molecule has 1 aliphatic heterocycles. The van der Waals surface area contributed by atoms with E-state index in [-0.39, 0.29) is 0 Å². The van der Waals surface area contributed by atoms with Crippen molar-refractivity contribution >= 4 is 21.4 Å². The van der Waals surface area contributed by atoms with Gasteiger partial charge in [0.15, 0.2) is 11.5 Å². The van der Waals surface area contributed by atoms with Crippen molar-refractivity contribution in [3.8, 4) is 11.5 Å². The van der Waals surface area contributed by atoms with E-state index in [1.54, 1.807) is 0 Å². The molecule has 0 saturated carbocycles. The Labute approximate surface area is 98.8 Å². The van der Waals surface area contributed by atoms with E-state index in [4.69, 9.17) is 9.47 Å². The Hall–Kier alpha value is -1.22. The Kier molecular flexibility index (Phi) is 2.28. The third-order valence-corrected chi connectivity index (χ3v) is 4.23. The van der Waals surface area contributed by atoms with Crippen molar-refractivity contribution in [2.75, 3.05) is 13.2 Å². The third kappa shape index (κ3) is 1.47. The fourth-order valence-electron chi connectivity index (χ4n) is 1.91. The maximum absolute atomic E-state index is 5.72. The first-order valence-corrected chi connectivity index (χ1v) is 6.39. The number of benzene rings is 1. The van der Waals surface area contributed by atoms with Crippen LogP contribution in [0.15, 0.2) is 18.2 Å². The summed E-state index contributed by atoms with van der Waals surface area (Å²) < 4.78 is 12.5. The number of ether oxygens (including phenoxy) is 2. The molecule has 3 rings (SSSR count). The predicted octanol–water partition coefficient (Wildman–Crippen LogP) is 3.80. The van der Waals surface area contributed by atoms with Crippen molar-refractivity contribution in [3.05, 3.63) is 23.1 Å². The second-order valence-corrected chi connectivity index (χ2v) is 5.40. The largest absolute Gasteiger partial charge is 0.486 e. The monoisotopic (exact) mass is 234 g/mol. The van der Waals surface area contributed by atoms with E-state index in [0.717, 1.165) is 11.5 Å². The Balaban J connectivity index is 2.22. The summed E-state index contributed by atoms with van der Waals surface area (Å²) in [7, 11) is 0. The van der Waals surface area contributed by atoms with E-state index >= 15 is 0 Å². The minimum atomic E-state index is 0.567. The van der Waals surface area contributed by atoms with Crippen LogP contribution < -0.4 is 9.47 Å². The highest BCUT2D eigenvalue weighted by atomic mass is 32.1. The summed E-state index contributed by atoms with van der Waals surface area (Å²) in [4.78, 5) is 1.40. The standard InChI is InChI=1S/C13H14O2S/c1-8(2)11-7-9-3-4-10-12(13(9)16-11)15-6-5-14-10/h3-4,7-8H,5-6H2,1-2H3. The summed E-state index contributed by atoms with van der Waals surface area (Å²) in [6, 6.07) is 6.38. The number of rotatable bonds is 1. The first-order valence-electron chi connectivity index (χ1n) is 5.58. The zero-order valence-electron chi connectivity index (χ0n) is 9.45. The molecule has 0 unspecified atom stereocenters. The first-order chi connectivity index (χ1) is 7.75. The van der Waals surface area contributed by atoms with Crippen LogP contribution in [-0.4, -0.2) is 13.2 Å². The van der Waals surface area contributed by atoms with E-state index in [0.29, 0.717) is 19.1 Å². The molecule has 16 heavy (non-hydrogen) atoms. The van der Waals surface area contributed by atoms with Crippen LogP contribution in [0.4, 0.5) is 0 Å². The molecule has 0 spiro atoms. The topological polar surface area (TPSA) is 18.5 Å². The molecular weight excluding hydrogens is 220 g/mol. The lowest BCUT2D eigenvalue weighted by atomic mass is 10.1. The molecule has 0 fully saturated rings. The van der Waals surface area contributed by atoms with Gasteiger partial charge in [-0.2, -0.15) is 0 Å². The Morgan fingerprint density at radius 1 is 1.19 bits per heavy atom. The molecule has 0 amide bonds. The van der Waals surface area contributed by atoms with Gasteiger partial charge in [0.25, 0.3) is 0 Å². The summed E-state index contributed by atoms with van der Waals surface area (Å²) in [5, 5.41) is 1.26. The summed E-state index contributed by atoms with van der Waals surface area (Å²) in [6.45, 7) is 5.74. The van der Waals surface area contributed by atoms with Gasteiger partial charge in [-0.1, -0.05) is 13.8 Å².